The van der Waals surface area contributed by atoms with Crippen LogP contribution in [0, 0.1) is 10.1 Å². The number of anilines is 2. The van der Waals surface area contributed by atoms with Gasteiger partial charge < -0.3 is 19.7 Å². The average Bonchev–Trinajstić information content (AvgIpc) is 2.74. The molecule has 0 spiro atoms. The van der Waals surface area contributed by atoms with E-state index in [9.17, 15) is 14.9 Å². The minimum Gasteiger partial charge on any atom is -0.493 e. The molecule has 0 radical (unpaired) electrons. The molecule has 1 N–H and O–H groups in total. The molecule has 1 saturated heterocycles. The van der Waals surface area contributed by atoms with Crippen LogP contribution in [0.1, 0.15) is 0 Å². The number of hydrogen-bond donors (Lipinski definition) is 1. The Hall–Kier alpha value is -3.33. The summed E-state index contributed by atoms with van der Waals surface area (Å²) in [5.41, 5.74) is 1.68. The Morgan fingerprint density at radius 1 is 1.03 bits per heavy atom. The lowest BCUT2D eigenvalue weighted by Gasteiger charge is -2.35. The van der Waals surface area contributed by atoms with Gasteiger partial charge in [-0.15, -0.1) is 0 Å². The molecule has 2 aromatic carbocycles. The van der Waals surface area contributed by atoms with E-state index in [0.717, 1.165) is 31.9 Å². The molecule has 154 valence electrons. The van der Waals surface area contributed by atoms with E-state index >= 15 is 0 Å². The first kappa shape index (κ1) is 20.4. The number of nitro groups is 1. The first-order valence-corrected chi connectivity index (χ1v) is 9.24. The molecule has 1 aliphatic rings. The van der Waals surface area contributed by atoms with Crippen LogP contribution in [0.15, 0.2) is 42.5 Å². The molecule has 1 fully saturated rings. The SMILES string of the molecule is COc1ccc(NC(=O)CN2CCN(c3ccc([N+](=O)[O-])cc3)CC2)cc1OC. The Morgan fingerprint density at radius 2 is 1.69 bits per heavy atom. The fourth-order valence-electron chi connectivity index (χ4n) is 3.27. The summed E-state index contributed by atoms with van der Waals surface area (Å²) in [5.74, 6) is 1.07. The number of non-ortho nitro benzene ring substituents is 1. The molecule has 0 bridgehead atoms. The molecule has 2 aromatic rings. The summed E-state index contributed by atoms with van der Waals surface area (Å²) in [7, 11) is 3.11. The van der Waals surface area contributed by atoms with Crippen LogP contribution >= 0.6 is 0 Å². The topological polar surface area (TPSA) is 97.2 Å². The highest BCUT2D eigenvalue weighted by atomic mass is 16.6. The van der Waals surface area contributed by atoms with Crippen LogP contribution < -0.4 is 19.7 Å². The number of nitro benzene ring substituents is 1. The number of carbonyl (C=O) groups is 1. The molecule has 29 heavy (non-hydrogen) atoms. The Labute approximate surface area is 169 Å². The van der Waals surface area contributed by atoms with Crippen LogP contribution in [-0.2, 0) is 4.79 Å². The van der Waals surface area contributed by atoms with Crippen molar-refractivity contribution >= 4 is 23.0 Å². The monoisotopic (exact) mass is 400 g/mol. The van der Waals surface area contributed by atoms with Gasteiger partial charge in [-0.1, -0.05) is 0 Å². The van der Waals surface area contributed by atoms with E-state index in [-0.39, 0.29) is 11.6 Å². The smallest absolute Gasteiger partial charge is 0.269 e. The quantitative estimate of drug-likeness (QED) is 0.563. The average molecular weight is 400 g/mol. The van der Waals surface area contributed by atoms with Crippen molar-refractivity contribution in [1.82, 2.24) is 4.90 Å². The largest absolute Gasteiger partial charge is 0.493 e. The summed E-state index contributed by atoms with van der Waals surface area (Å²) in [4.78, 5) is 27.0. The maximum Gasteiger partial charge on any atom is 0.269 e. The van der Waals surface area contributed by atoms with E-state index in [1.807, 2.05) is 0 Å². The highest BCUT2D eigenvalue weighted by molar-refractivity contribution is 5.92. The Balaban J connectivity index is 1.50. The number of hydrogen-bond acceptors (Lipinski definition) is 7. The number of carbonyl (C=O) groups excluding carboxylic acids is 1. The molecule has 0 aliphatic carbocycles. The van der Waals surface area contributed by atoms with Gasteiger partial charge in [0.2, 0.25) is 5.91 Å². The van der Waals surface area contributed by atoms with E-state index in [1.165, 1.54) is 12.1 Å². The van der Waals surface area contributed by atoms with Crippen molar-refractivity contribution in [2.24, 2.45) is 0 Å². The highest BCUT2D eigenvalue weighted by Gasteiger charge is 2.20. The fraction of sp³-hybridized carbons (Fsp3) is 0.350. The number of ether oxygens (including phenoxy) is 2. The minimum absolute atomic E-state index is 0.0826. The van der Waals surface area contributed by atoms with Crippen molar-refractivity contribution in [3.63, 3.8) is 0 Å². The van der Waals surface area contributed by atoms with Gasteiger partial charge >= 0.3 is 0 Å². The lowest BCUT2D eigenvalue weighted by molar-refractivity contribution is -0.384. The van der Waals surface area contributed by atoms with Crippen LogP contribution in [-0.4, -0.2) is 62.7 Å². The second-order valence-electron chi connectivity index (χ2n) is 6.65. The third-order valence-corrected chi connectivity index (χ3v) is 4.83. The molecule has 0 aromatic heterocycles. The van der Waals surface area contributed by atoms with Crippen molar-refractivity contribution < 1.29 is 19.2 Å². The van der Waals surface area contributed by atoms with Crippen LogP contribution in [0.5, 0.6) is 11.5 Å². The number of nitrogens with zero attached hydrogens (tertiary/aromatic N) is 3. The van der Waals surface area contributed by atoms with E-state index in [4.69, 9.17) is 9.47 Å². The molecule has 0 unspecified atom stereocenters. The van der Waals surface area contributed by atoms with Crippen molar-refractivity contribution in [3.05, 3.63) is 52.6 Å². The standard InChI is InChI=1S/C20H24N4O5/c1-28-18-8-3-15(13-19(18)29-2)21-20(25)14-22-9-11-23(12-10-22)16-4-6-17(7-5-16)24(26)27/h3-8,13H,9-12,14H2,1-2H3,(H,21,25). The molecule has 9 nitrogen and oxygen atoms in total. The van der Waals surface area contributed by atoms with Gasteiger partial charge in [-0.25, -0.2) is 0 Å². The summed E-state index contributed by atoms with van der Waals surface area (Å²) in [6.07, 6.45) is 0. The van der Waals surface area contributed by atoms with Gasteiger partial charge in [-0.3, -0.25) is 19.8 Å². The Bertz CT molecular complexity index is 864. The number of piperazine rings is 1. The zero-order chi connectivity index (χ0) is 20.8. The maximum atomic E-state index is 12.4. The minimum atomic E-state index is -0.404. The normalized spacial score (nSPS) is 14.3. The summed E-state index contributed by atoms with van der Waals surface area (Å²) in [6.45, 7) is 3.26. The number of rotatable bonds is 7. The Kier molecular flexibility index (Phi) is 6.50. The third-order valence-electron chi connectivity index (χ3n) is 4.83. The first-order chi connectivity index (χ1) is 14.0. The summed E-state index contributed by atoms with van der Waals surface area (Å²) in [5, 5.41) is 13.6. The van der Waals surface area contributed by atoms with E-state index in [1.54, 1.807) is 44.6 Å². The Morgan fingerprint density at radius 3 is 2.28 bits per heavy atom. The third kappa shape index (κ3) is 5.14. The first-order valence-electron chi connectivity index (χ1n) is 9.24. The summed E-state index contributed by atoms with van der Waals surface area (Å²) >= 11 is 0. The number of methoxy groups -OCH3 is 2. The van der Waals surface area contributed by atoms with E-state index in [0.29, 0.717) is 23.7 Å². The second-order valence-corrected chi connectivity index (χ2v) is 6.65. The molecular weight excluding hydrogens is 376 g/mol. The van der Waals surface area contributed by atoms with Crippen molar-refractivity contribution in [3.8, 4) is 11.5 Å². The van der Waals surface area contributed by atoms with Crippen molar-refractivity contribution in [2.45, 2.75) is 0 Å². The molecular formula is C20H24N4O5. The predicted molar refractivity (Wildman–Crippen MR) is 110 cm³/mol. The van der Waals surface area contributed by atoms with Crippen LogP contribution in [0.2, 0.25) is 0 Å². The molecule has 1 amide bonds. The number of nitrogens with one attached hydrogen (secondary N) is 1. The van der Waals surface area contributed by atoms with Crippen LogP contribution in [0.3, 0.4) is 0 Å². The van der Waals surface area contributed by atoms with Gasteiger partial charge in [0.05, 0.1) is 25.7 Å². The predicted octanol–water partition coefficient (Wildman–Crippen LogP) is 2.37. The number of benzene rings is 2. The maximum absolute atomic E-state index is 12.4. The molecule has 0 saturated carbocycles. The zero-order valence-electron chi connectivity index (χ0n) is 16.5. The van der Waals surface area contributed by atoms with Gasteiger partial charge in [0.25, 0.3) is 5.69 Å². The molecule has 3 rings (SSSR count). The molecule has 1 heterocycles. The molecule has 9 heteroatoms. The van der Waals surface area contributed by atoms with Gasteiger partial charge in [-0.05, 0) is 24.3 Å². The van der Waals surface area contributed by atoms with Gasteiger partial charge in [0.1, 0.15) is 0 Å². The second kappa shape index (κ2) is 9.24. The van der Waals surface area contributed by atoms with Gasteiger partial charge in [0.15, 0.2) is 11.5 Å². The zero-order valence-corrected chi connectivity index (χ0v) is 16.5. The number of amides is 1. The van der Waals surface area contributed by atoms with Crippen molar-refractivity contribution in [1.29, 1.82) is 0 Å². The lowest BCUT2D eigenvalue weighted by Crippen LogP contribution is -2.48. The fourth-order valence-corrected chi connectivity index (χ4v) is 3.27. The van der Waals surface area contributed by atoms with Crippen molar-refractivity contribution in [2.75, 3.05) is 57.2 Å². The van der Waals surface area contributed by atoms with Gasteiger partial charge in [0, 0.05) is 55.8 Å². The summed E-state index contributed by atoms with van der Waals surface area (Å²) in [6, 6.07) is 11.8. The summed E-state index contributed by atoms with van der Waals surface area (Å²) < 4.78 is 10.5. The highest BCUT2D eigenvalue weighted by Crippen LogP contribution is 2.29. The van der Waals surface area contributed by atoms with Crippen LogP contribution in [0.25, 0.3) is 0 Å². The lowest BCUT2D eigenvalue weighted by atomic mass is 10.2. The molecule has 0 atom stereocenters. The van der Waals surface area contributed by atoms with Crippen LogP contribution in [0.4, 0.5) is 17.1 Å². The molecule has 1 aliphatic heterocycles. The van der Waals surface area contributed by atoms with Gasteiger partial charge in [-0.2, -0.15) is 0 Å². The van der Waals surface area contributed by atoms with E-state index in [2.05, 4.69) is 15.1 Å². The van der Waals surface area contributed by atoms with E-state index < -0.39 is 4.92 Å².